The Morgan fingerprint density at radius 3 is 2.20 bits per heavy atom. The number of carbonyl (C=O) groups excluding carboxylic acids is 1. The van der Waals surface area contributed by atoms with E-state index in [1.54, 1.807) is 0 Å². The van der Waals surface area contributed by atoms with Gasteiger partial charge in [0.25, 0.3) is 0 Å². The zero-order chi connectivity index (χ0) is 11.8. The fourth-order valence-corrected chi connectivity index (χ4v) is 1.64. The van der Waals surface area contributed by atoms with Crippen molar-refractivity contribution in [2.75, 3.05) is 6.61 Å². The molecule has 2 atom stereocenters. The number of hydrogen-bond acceptors (Lipinski definition) is 2. The quantitative estimate of drug-likeness (QED) is 0.477. The summed E-state index contributed by atoms with van der Waals surface area (Å²) in [6.45, 7) is 11.2. The van der Waals surface area contributed by atoms with Gasteiger partial charge in [-0.1, -0.05) is 41.0 Å². The zero-order valence-corrected chi connectivity index (χ0v) is 10.9. The third-order valence-electron chi connectivity index (χ3n) is 3.17. The first-order valence-corrected chi connectivity index (χ1v) is 6.21. The molecular formula is C13H26O2. The summed E-state index contributed by atoms with van der Waals surface area (Å²) in [6, 6.07) is 0. The zero-order valence-electron chi connectivity index (χ0n) is 10.9. The second-order valence-corrected chi connectivity index (χ2v) is 4.64. The van der Waals surface area contributed by atoms with Crippen molar-refractivity contribution in [3.05, 3.63) is 0 Å². The molecule has 0 fully saturated rings. The molecule has 0 aliphatic rings. The first-order valence-electron chi connectivity index (χ1n) is 6.21. The number of rotatable bonds is 7. The lowest BCUT2D eigenvalue weighted by atomic mass is 9.83. The van der Waals surface area contributed by atoms with E-state index in [2.05, 4.69) is 34.6 Å². The molecule has 2 nitrogen and oxygen atoms in total. The van der Waals surface area contributed by atoms with Gasteiger partial charge in [-0.2, -0.15) is 0 Å². The molecule has 0 radical (unpaired) electrons. The number of unbranched alkanes of at least 4 members (excludes halogenated alkanes) is 1. The third-order valence-corrected chi connectivity index (χ3v) is 3.17. The first-order chi connectivity index (χ1) is 7.04. The van der Waals surface area contributed by atoms with Gasteiger partial charge in [0.1, 0.15) is 0 Å². The van der Waals surface area contributed by atoms with Crippen LogP contribution in [0.25, 0.3) is 0 Å². The minimum atomic E-state index is -0.00727. The molecule has 2 heteroatoms. The molecule has 90 valence electrons. The topological polar surface area (TPSA) is 26.3 Å². The summed E-state index contributed by atoms with van der Waals surface area (Å²) in [5.74, 6) is 1.01. The van der Waals surface area contributed by atoms with Gasteiger partial charge in [0.05, 0.1) is 12.5 Å². The molecule has 0 aliphatic heterocycles. The maximum absolute atomic E-state index is 11.8. The highest BCUT2D eigenvalue weighted by Crippen LogP contribution is 2.24. The standard InChI is InChI=1S/C13H26O2/c1-6-8-9-15-13(14)12(7-2)11(5)10(3)4/h10-12H,6-9H2,1-5H3. The predicted octanol–water partition coefficient (Wildman–Crippen LogP) is 3.65. The Labute approximate surface area is 94.4 Å². The summed E-state index contributed by atoms with van der Waals surface area (Å²) in [6.07, 6.45) is 2.92. The summed E-state index contributed by atoms with van der Waals surface area (Å²) in [5.41, 5.74) is 0. The number of ether oxygens (including phenoxy) is 1. The monoisotopic (exact) mass is 214 g/mol. The van der Waals surface area contributed by atoms with Crippen LogP contribution >= 0.6 is 0 Å². The molecule has 0 aromatic carbocycles. The number of esters is 1. The van der Waals surface area contributed by atoms with Gasteiger partial charge in [-0.25, -0.2) is 0 Å². The fourth-order valence-electron chi connectivity index (χ4n) is 1.64. The van der Waals surface area contributed by atoms with Gasteiger partial charge < -0.3 is 4.74 Å². The lowest BCUT2D eigenvalue weighted by molar-refractivity contribution is -0.151. The Morgan fingerprint density at radius 2 is 1.80 bits per heavy atom. The molecule has 0 amide bonds. The number of hydrogen-bond donors (Lipinski definition) is 0. The maximum Gasteiger partial charge on any atom is 0.309 e. The molecule has 0 aliphatic carbocycles. The summed E-state index contributed by atoms with van der Waals surface area (Å²) < 4.78 is 5.27. The highest BCUT2D eigenvalue weighted by Gasteiger charge is 2.26. The SMILES string of the molecule is CCCCOC(=O)C(CC)C(C)C(C)C. The van der Waals surface area contributed by atoms with Crippen molar-refractivity contribution in [2.24, 2.45) is 17.8 Å². The molecular weight excluding hydrogens is 188 g/mol. The van der Waals surface area contributed by atoms with Crippen molar-refractivity contribution in [3.63, 3.8) is 0 Å². The van der Waals surface area contributed by atoms with Gasteiger partial charge in [-0.3, -0.25) is 4.79 Å². The largest absolute Gasteiger partial charge is 0.465 e. The van der Waals surface area contributed by atoms with Crippen LogP contribution < -0.4 is 0 Å². The smallest absolute Gasteiger partial charge is 0.309 e. The van der Waals surface area contributed by atoms with Crippen LogP contribution in [0.4, 0.5) is 0 Å². The van der Waals surface area contributed by atoms with E-state index >= 15 is 0 Å². The van der Waals surface area contributed by atoms with E-state index in [0.717, 1.165) is 19.3 Å². The van der Waals surface area contributed by atoms with Crippen molar-refractivity contribution in [2.45, 2.75) is 53.9 Å². The van der Waals surface area contributed by atoms with E-state index in [1.807, 2.05) is 0 Å². The van der Waals surface area contributed by atoms with Crippen LogP contribution in [0, 0.1) is 17.8 Å². The molecule has 0 heterocycles. The van der Waals surface area contributed by atoms with Crippen LogP contribution in [0.3, 0.4) is 0 Å². The number of carbonyl (C=O) groups is 1. The van der Waals surface area contributed by atoms with Crippen LogP contribution in [-0.2, 0) is 9.53 Å². The van der Waals surface area contributed by atoms with Crippen molar-refractivity contribution >= 4 is 5.97 Å². The Kier molecular flexibility index (Phi) is 7.45. The summed E-state index contributed by atoms with van der Waals surface area (Å²) in [5, 5.41) is 0. The van der Waals surface area contributed by atoms with Gasteiger partial charge in [0.15, 0.2) is 0 Å². The minimum Gasteiger partial charge on any atom is -0.465 e. The van der Waals surface area contributed by atoms with Gasteiger partial charge in [0.2, 0.25) is 0 Å². The van der Waals surface area contributed by atoms with E-state index in [0.29, 0.717) is 18.4 Å². The summed E-state index contributed by atoms with van der Waals surface area (Å²) in [4.78, 5) is 11.8. The van der Waals surface area contributed by atoms with Crippen LogP contribution in [-0.4, -0.2) is 12.6 Å². The maximum atomic E-state index is 11.8. The Balaban J connectivity index is 4.10. The van der Waals surface area contributed by atoms with Crippen LogP contribution in [0.1, 0.15) is 53.9 Å². The van der Waals surface area contributed by atoms with E-state index in [-0.39, 0.29) is 11.9 Å². The predicted molar refractivity (Wildman–Crippen MR) is 63.7 cm³/mol. The van der Waals surface area contributed by atoms with Crippen molar-refractivity contribution in [3.8, 4) is 0 Å². The van der Waals surface area contributed by atoms with Gasteiger partial charge in [-0.05, 0) is 24.7 Å². The van der Waals surface area contributed by atoms with Crippen LogP contribution in [0.15, 0.2) is 0 Å². The molecule has 0 bridgehead atoms. The lowest BCUT2D eigenvalue weighted by Gasteiger charge is -2.24. The van der Waals surface area contributed by atoms with E-state index in [9.17, 15) is 4.79 Å². The molecule has 0 rings (SSSR count). The molecule has 2 unspecified atom stereocenters. The minimum absolute atomic E-state index is 0.00727. The normalized spacial score (nSPS) is 15.1. The molecule has 0 spiro atoms. The molecule has 15 heavy (non-hydrogen) atoms. The van der Waals surface area contributed by atoms with E-state index < -0.39 is 0 Å². The Bertz CT molecular complexity index is 175. The van der Waals surface area contributed by atoms with Crippen LogP contribution in [0.2, 0.25) is 0 Å². The highest BCUT2D eigenvalue weighted by atomic mass is 16.5. The molecule has 0 aromatic rings. The van der Waals surface area contributed by atoms with Crippen molar-refractivity contribution in [1.82, 2.24) is 0 Å². The van der Waals surface area contributed by atoms with E-state index in [1.165, 1.54) is 0 Å². The van der Waals surface area contributed by atoms with Crippen molar-refractivity contribution in [1.29, 1.82) is 0 Å². The average molecular weight is 214 g/mol. The average Bonchev–Trinajstić information content (AvgIpc) is 2.19. The molecule has 0 saturated heterocycles. The second-order valence-electron chi connectivity index (χ2n) is 4.64. The lowest BCUT2D eigenvalue weighted by Crippen LogP contribution is -2.27. The summed E-state index contributed by atoms with van der Waals surface area (Å²) in [7, 11) is 0. The van der Waals surface area contributed by atoms with Gasteiger partial charge in [-0.15, -0.1) is 0 Å². The van der Waals surface area contributed by atoms with Crippen molar-refractivity contribution < 1.29 is 9.53 Å². The first kappa shape index (κ1) is 14.5. The molecule has 0 N–H and O–H groups in total. The van der Waals surface area contributed by atoms with Gasteiger partial charge in [0, 0.05) is 0 Å². The van der Waals surface area contributed by atoms with E-state index in [4.69, 9.17) is 4.74 Å². The Morgan fingerprint density at radius 1 is 1.20 bits per heavy atom. The summed E-state index contributed by atoms with van der Waals surface area (Å²) >= 11 is 0. The molecule has 0 aromatic heterocycles. The van der Waals surface area contributed by atoms with Crippen LogP contribution in [0.5, 0.6) is 0 Å². The van der Waals surface area contributed by atoms with Gasteiger partial charge >= 0.3 is 5.97 Å². The Hall–Kier alpha value is -0.530. The fraction of sp³-hybridized carbons (Fsp3) is 0.923. The molecule has 0 saturated carbocycles. The third kappa shape index (κ3) is 5.19. The second kappa shape index (κ2) is 7.72. The highest BCUT2D eigenvalue weighted by molar-refractivity contribution is 5.72.